The van der Waals surface area contributed by atoms with E-state index >= 15 is 0 Å². The molecule has 0 aliphatic rings. The van der Waals surface area contributed by atoms with Gasteiger partial charge in [-0.1, -0.05) is 297 Å². The van der Waals surface area contributed by atoms with Crippen LogP contribution >= 0.6 is 0 Å². The fourth-order valence-electron chi connectivity index (χ4n) is 9.10. The molecule has 6 heteroatoms. The van der Waals surface area contributed by atoms with Gasteiger partial charge in [0.25, 0.3) is 0 Å². The summed E-state index contributed by atoms with van der Waals surface area (Å²) in [7, 11) is 0. The van der Waals surface area contributed by atoms with E-state index in [0.29, 0.717) is 19.3 Å². The van der Waals surface area contributed by atoms with Crippen molar-refractivity contribution in [1.29, 1.82) is 0 Å². The molecule has 0 fully saturated rings. The van der Waals surface area contributed by atoms with Crippen LogP contribution < -0.4 is 0 Å². The Morgan fingerprint density at radius 1 is 0.292 bits per heavy atom. The average molecular weight is 920 g/mol. The predicted molar refractivity (Wildman–Crippen MR) is 280 cm³/mol. The zero-order valence-electron chi connectivity index (χ0n) is 44.5. The normalized spacial score (nSPS) is 12.0. The zero-order chi connectivity index (χ0) is 47.4. The Balaban J connectivity index is 4.25. The van der Waals surface area contributed by atoms with Gasteiger partial charge in [0.2, 0.25) is 0 Å². The lowest BCUT2D eigenvalue weighted by atomic mass is 10.0. The Kier molecular flexibility index (Phi) is 52.1. The van der Waals surface area contributed by atoms with Gasteiger partial charge in [0.15, 0.2) is 6.10 Å². The second-order valence-electron chi connectivity index (χ2n) is 20.8. The van der Waals surface area contributed by atoms with Crippen LogP contribution in [0, 0.1) is 5.92 Å². The van der Waals surface area contributed by atoms with Crippen molar-refractivity contribution in [2.24, 2.45) is 5.92 Å². The highest BCUT2D eigenvalue weighted by molar-refractivity contribution is 5.71. The first-order chi connectivity index (χ1) is 31.9. The largest absolute Gasteiger partial charge is 0.462 e. The van der Waals surface area contributed by atoms with E-state index in [1.807, 2.05) is 0 Å². The summed E-state index contributed by atoms with van der Waals surface area (Å²) in [5, 5.41) is 0. The molecule has 0 heterocycles. The van der Waals surface area contributed by atoms with Crippen molar-refractivity contribution >= 4 is 17.9 Å². The van der Waals surface area contributed by atoms with Gasteiger partial charge in [-0.05, 0) is 25.2 Å². The van der Waals surface area contributed by atoms with Gasteiger partial charge in [-0.25, -0.2) is 0 Å². The summed E-state index contributed by atoms with van der Waals surface area (Å²) in [4.78, 5) is 38.1. The lowest BCUT2D eigenvalue weighted by molar-refractivity contribution is -0.167. The molecular weight excluding hydrogens is 805 g/mol. The van der Waals surface area contributed by atoms with Gasteiger partial charge in [0, 0.05) is 19.3 Å². The van der Waals surface area contributed by atoms with E-state index in [9.17, 15) is 14.4 Å². The first-order valence-electron chi connectivity index (χ1n) is 29.4. The van der Waals surface area contributed by atoms with Crippen LogP contribution in [0.2, 0.25) is 0 Å². The number of rotatable bonds is 54. The number of hydrogen-bond donors (Lipinski definition) is 0. The molecule has 0 aliphatic carbocycles. The molecular formula is C59H114O6. The van der Waals surface area contributed by atoms with Crippen LogP contribution in [0.3, 0.4) is 0 Å². The number of esters is 3. The minimum absolute atomic E-state index is 0.0619. The lowest BCUT2D eigenvalue weighted by Crippen LogP contribution is -2.30. The second-order valence-corrected chi connectivity index (χ2v) is 20.8. The SMILES string of the molecule is CCCCCCCCCCCCCCCCCCCCCC(=O)O[C@@H](COC(=O)CCCCCCCCCCCCC)COC(=O)CCCCCCCCCCCCCCCCC(C)C. The summed E-state index contributed by atoms with van der Waals surface area (Å²) < 4.78 is 16.9. The number of carbonyl (C=O) groups is 3. The van der Waals surface area contributed by atoms with E-state index in [4.69, 9.17) is 14.2 Å². The van der Waals surface area contributed by atoms with E-state index in [1.54, 1.807) is 0 Å². The molecule has 0 aliphatic heterocycles. The van der Waals surface area contributed by atoms with Crippen LogP contribution in [-0.2, 0) is 28.6 Å². The molecule has 0 aromatic rings. The van der Waals surface area contributed by atoms with Crippen LogP contribution in [0.15, 0.2) is 0 Å². The molecule has 0 saturated carbocycles. The molecule has 0 aromatic heterocycles. The maximum atomic E-state index is 12.9. The van der Waals surface area contributed by atoms with Crippen molar-refractivity contribution in [2.45, 2.75) is 342 Å². The summed E-state index contributed by atoms with van der Waals surface area (Å²) in [6, 6.07) is 0. The van der Waals surface area contributed by atoms with E-state index in [-0.39, 0.29) is 31.1 Å². The molecule has 0 unspecified atom stereocenters. The Morgan fingerprint density at radius 2 is 0.508 bits per heavy atom. The Labute approximate surface area is 406 Å². The van der Waals surface area contributed by atoms with Gasteiger partial charge in [-0.2, -0.15) is 0 Å². The molecule has 0 aromatic carbocycles. The molecule has 386 valence electrons. The molecule has 0 rings (SSSR count). The highest BCUT2D eigenvalue weighted by Gasteiger charge is 2.19. The van der Waals surface area contributed by atoms with Crippen molar-refractivity contribution in [3.8, 4) is 0 Å². The van der Waals surface area contributed by atoms with E-state index in [1.165, 1.54) is 231 Å². The maximum absolute atomic E-state index is 12.9. The number of unbranched alkanes of at least 4 members (excludes halogenated alkanes) is 41. The minimum atomic E-state index is -0.761. The van der Waals surface area contributed by atoms with Gasteiger partial charge in [0.1, 0.15) is 13.2 Å². The number of carbonyl (C=O) groups excluding carboxylic acids is 3. The van der Waals surface area contributed by atoms with Gasteiger partial charge in [-0.3, -0.25) is 14.4 Å². The maximum Gasteiger partial charge on any atom is 0.306 e. The molecule has 1 atom stereocenters. The number of ether oxygens (including phenoxy) is 3. The standard InChI is InChI=1S/C59H114O6/c1-5-7-9-11-13-15-17-18-19-20-21-22-23-28-32-36-40-44-48-52-59(62)65-56(53-63-57(60)50-46-42-38-34-29-16-14-12-10-8-6-2)54-64-58(61)51-47-43-39-35-31-27-25-24-26-30-33-37-41-45-49-55(3)4/h55-56H,5-54H2,1-4H3/t56-/m0/s1. The molecule has 0 amide bonds. The molecule has 0 bridgehead atoms. The lowest BCUT2D eigenvalue weighted by Gasteiger charge is -2.18. The Bertz CT molecular complexity index is 980. The monoisotopic (exact) mass is 919 g/mol. The van der Waals surface area contributed by atoms with Gasteiger partial charge in [-0.15, -0.1) is 0 Å². The highest BCUT2D eigenvalue weighted by atomic mass is 16.6. The van der Waals surface area contributed by atoms with E-state index in [0.717, 1.165) is 63.7 Å². The molecule has 0 radical (unpaired) electrons. The minimum Gasteiger partial charge on any atom is -0.462 e. The molecule has 65 heavy (non-hydrogen) atoms. The fraction of sp³-hybridized carbons (Fsp3) is 0.949. The Hall–Kier alpha value is -1.59. The average Bonchev–Trinajstić information content (AvgIpc) is 3.29. The summed E-state index contributed by atoms with van der Waals surface area (Å²) in [6.07, 6.45) is 58.1. The molecule has 0 spiro atoms. The Morgan fingerprint density at radius 3 is 0.754 bits per heavy atom. The molecule has 0 saturated heterocycles. The van der Waals surface area contributed by atoms with Crippen LogP contribution in [0.5, 0.6) is 0 Å². The van der Waals surface area contributed by atoms with Crippen molar-refractivity contribution < 1.29 is 28.6 Å². The predicted octanol–water partition coefficient (Wildman–Crippen LogP) is 19.4. The van der Waals surface area contributed by atoms with Gasteiger partial charge >= 0.3 is 17.9 Å². The third-order valence-corrected chi connectivity index (χ3v) is 13.5. The van der Waals surface area contributed by atoms with Crippen molar-refractivity contribution in [1.82, 2.24) is 0 Å². The van der Waals surface area contributed by atoms with Crippen molar-refractivity contribution in [3.05, 3.63) is 0 Å². The fourth-order valence-corrected chi connectivity index (χ4v) is 9.10. The summed E-state index contributed by atoms with van der Waals surface area (Å²) >= 11 is 0. The third-order valence-electron chi connectivity index (χ3n) is 13.5. The first-order valence-corrected chi connectivity index (χ1v) is 29.4. The highest BCUT2D eigenvalue weighted by Crippen LogP contribution is 2.18. The van der Waals surface area contributed by atoms with Crippen LogP contribution in [0.4, 0.5) is 0 Å². The first kappa shape index (κ1) is 63.4. The number of hydrogen-bond acceptors (Lipinski definition) is 6. The quantitative estimate of drug-likeness (QED) is 0.0344. The smallest absolute Gasteiger partial charge is 0.306 e. The van der Waals surface area contributed by atoms with Gasteiger partial charge < -0.3 is 14.2 Å². The summed E-state index contributed by atoms with van der Waals surface area (Å²) in [5.74, 6) is 0.00929. The van der Waals surface area contributed by atoms with E-state index in [2.05, 4.69) is 27.7 Å². The van der Waals surface area contributed by atoms with Crippen molar-refractivity contribution in [3.63, 3.8) is 0 Å². The van der Waals surface area contributed by atoms with E-state index < -0.39 is 6.10 Å². The van der Waals surface area contributed by atoms with Gasteiger partial charge in [0.05, 0.1) is 0 Å². The van der Waals surface area contributed by atoms with Crippen LogP contribution in [-0.4, -0.2) is 37.2 Å². The zero-order valence-corrected chi connectivity index (χ0v) is 44.5. The molecule has 6 nitrogen and oxygen atoms in total. The van der Waals surface area contributed by atoms with Crippen molar-refractivity contribution in [2.75, 3.05) is 13.2 Å². The molecule has 0 N–H and O–H groups in total. The topological polar surface area (TPSA) is 78.9 Å². The van der Waals surface area contributed by atoms with Crippen LogP contribution in [0.25, 0.3) is 0 Å². The summed E-state index contributed by atoms with van der Waals surface area (Å²) in [5.41, 5.74) is 0. The third kappa shape index (κ3) is 53.2. The van der Waals surface area contributed by atoms with Crippen LogP contribution in [0.1, 0.15) is 336 Å². The second kappa shape index (κ2) is 53.4. The summed E-state index contributed by atoms with van der Waals surface area (Å²) in [6.45, 7) is 9.06.